The molecule has 1 aliphatic rings. The molecule has 1 fully saturated rings. The second-order valence-corrected chi connectivity index (χ2v) is 6.06. The third-order valence-electron chi connectivity index (χ3n) is 3.48. The van der Waals surface area contributed by atoms with Crippen LogP contribution >= 0.6 is 35.7 Å². The van der Waals surface area contributed by atoms with Crippen LogP contribution in [0.1, 0.15) is 18.1 Å². The Balaban J connectivity index is 0.00000242. The number of rotatable bonds is 5. The van der Waals surface area contributed by atoms with Crippen molar-refractivity contribution >= 4 is 41.7 Å². The first kappa shape index (κ1) is 19.6. The molecular weight excluding hydrogens is 413 g/mol. The summed E-state index contributed by atoms with van der Waals surface area (Å²) in [6, 6.07) is 0. The first-order valence-corrected chi connectivity index (χ1v) is 8.68. The van der Waals surface area contributed by atoms with Crippen LogP contribution in [0.25, 0.3) is 0 Å². The van der Waals surface area contributed by atoms with Crippen molar-refractivity contribution in [2.45, 2.75) is 12.5 Å². The average Bonchev–Trinajstić information content (AvgIpc) is 2.94. The van der Waals surface area contributed by atoms with Gasteiger partial charge in [-0.05, 0) is 18.4 Å². The Bertz CT molecular complexity index is 468. The van der Waals surface area contributed by atoms with E-state index in [0.29, 0.717) is 6.61 Å². The number of hydrogen-bond donors (Lipinski definition) is 1. The molecule has 126 valence electrons. The highest BCUT2D eigenvalue weighted by Gasteiger charge is 2.24. The van der Waals surface area contributed by atoms with Crippen LogP contribution in [0.15, 0.2) is 17.4 Å². The molecule has 0 amide bonds. The van der Waals surface area contributed by atoms with E-state index in [9.17, 15) is 0 Å². The quantitative estimate of drug-likeness (QED) is 0.328. The average molecular weight is 439 g/mol. The molecule has 0 bridgehead atoms. The number of aromatic nitrogens is 2. The van der Waals surface area contributed by atoms with Crippen molar-refractivity contribution in [1.29, 1.82) is 0 Å². The maximum absolute atomic E-state index is 5.86. The van der Waals surface area contributed by atoms with E-state index in [-0.39, 0.29) is 30.1 Å². The van der Waals surface area contributed by atoms with Crippen molar-refractivity contribution in [2.24, 2.45) is 12.0 Å². The lowest BCUT2D eigenvalue weighted by molar-refractivity contribution is -0.00801. The minimum atomic E-state index is 0. The smallest absolute Gasteiger partial charge is 0.193 e. The molecule has 1 aliphatic heterocycles. The number of thioether (sulfide) groups is 1. The second-order valence-electron chi connectivity index (χ2n) is 5.07. The second kappa shape index (κ2) is 10.3. The Morgan fingerprint density at radius 2 is 2.41 bits per heavy atom. The summed E-state index contributed by atoms with van der Waals surface area (Å²) in [5.74, 6) is 2.14. The van der Waals surface area contributed by atoms with Gasteiger partial charge in [0, 0.05) is 38.9 Å². The number of morpholine rings is 1. The number of nitrogens with one attached hydrogen (secondary N) is 1. The lowest BCUT2D eigenvalue weighted by Crippen LogP contribution is -2.48. The topological polar surface area (TPSA) is 54.7 Å². The summed E-state index contributed by atoms with van der Waals surface area (Å²) in [5.41, 5.74) is 1.13. The third-order valence-corrected chi connectivity index (χ3v) is 4.18. The van der Waals surface area contributed by atoms with Crippen molar-refractivity contribution < 1.29 is 4.74 Å². The van der Waals surface area contributed by atoms with Gasteiger partial charge in [-0.3, -0.25) is 9.67 Å². The van der Waals surface area contributed by atoms with Crippen LogP contribution in [0.5, 0.6) is 0 Å². The largest absolute Gasteiger partial charge is 0.370 e. The van der Waals surface area contributed by atoms with E-state index in [1.54, 1.807) is 0 Å². The van der Waals surface area contributed by atoms with Gasteiger partial charge >= 0.3 is 0 Å². The van der Waals surface area contributed by atoms with Gasteiger partial charge in [-0.1, -0.05) is 0 Å². The Labute approximate surface area is 154 Å². The molecule has 0 spiro atoms. The minimum absolute atomic E-state index is 0. The van der Waals surface area contributed by atoms with E-state index in [0.717, 1.165) is 37.6 Å². The highest BCUT2D eigenvalue weighted by Crippen LogP contribution is 2.21. The molecule has 0 aromatic carbocycles. The van der Waals surface area contributed by atoms with Crippen LogP contribution in [-0.2, 0) is 11.8 Å². The van der Waals surface area contributed by atoms with Crippen LogP contribution in [0.3, 0.4) is 0 Å². The van der Waals surface area contributed by atoms with E-state index in [2.05, 4.69) is 26.6 Å². The summed E-state index contributed by atoms with van der Waals surface area (Å²) in [6.45, 7) is 3.36. The molecule has 0 aliphatic carbocycles. The summed E-state index contributed by atoms with van der Waals surface area (Å²) in [6.07, 6.45) is 7.24. The number of hydrogen-bond acceptors (Lipinski definition) is 4. The SMILES string of the molecule is CN=C(NCCCSC)N1CCOC(c2cnn(C)c2)C1.I. The van der Waals surface area contributed by atoms with Crippen LogP contribution in [0.4, 0.5) is 0 Å². The molecule has 2 rings (SSSR count). The zero-order chi connectivity index (χ0) is 15.1. The molecule has 1 atom stereocenters. The predicted molar refractivity (Wildman–Crippen MR) is 103 cm³/mol. The lowest BCUT2D eigenvalue weighted by atomic mass is 10.1. The zero-order valence-electron chi connectivity index (χ0n) is 13.5. The Kier molecular flexibility index (Phi) is 9.18. The molecule has 1 aromatic heterocycles. The molecular formula is C14H26IN5OS. The molecule has 6 nitrogen and oxygen atoms in total. The standard InChI is InChI=1S/C14H25N5OS.HI/c1-15-14(16-5-4-8-21-3)19-6-7-20-13(11-19)12-9-17-18(2)10-12;/h9-10,13H,4-8,11H2,1-3H3,(H,15,16);1H. The molecule has 1 aromatic rings. The molecule has 1 N–H and O–H groups in total. The molecule has 8 heteroatoms. The third kappa shape index (κ3) is 5.62. The Hall–Kier alpha value is -0.480. The minimum Gasteiger partial charge on any atom is -0.370 e. The monoisotopic (exact) mass is 439 g/mol. The van der Waals surface area contributed by atoms with Crippen molar-refractivity contribution in [1.82, 2.24) is 20.0 Å². The first-order chi connectivity index (χ1) is 10.2. The zero-order valence-corrected chi connectivity index (χ0v) is 16.6. The molecule has 0 saturated carbocycles. The molecule has 0 radical (unpaired) electrons. The van der Waals surface area contributed by atoms with E-state index >= 15 is 0 Å². The maximum Gasteiger partial charge on any atom is 0.193 e. The van der Waals surface area contributed by atoms with Gasteiger partial charge in [-0.25, -0.2) is 0 Å². The van der Waals surface area contributed by atoms with Gasteiger partial charge in [-0.15, -0.1) is 24.0 Å². The van der Waals surface area contributed by atoms with Gasteiger partial charge in [0.15, 0.2) is 5.96 Å². The summed E-state index contributed by atoms with van der Waals surface area (Å²) >= 11 is 1.87. The van der Waals surface area contributed by atoms with Crippen LogP contribution in [-0.4, -0.2) is 65.9 Å². The maximum atomic E-state index is 5.86. The van der Waals surface area contributed by atoms with Crippen molar-refractivity contribution in [2.75, 3.05) is 45.3 Å². The van der Waals surface area contributed by atoms with E-state index in [4.69, 9.17) is 4.74 Å². The molecule has 1 unspecified atom stereocenters. The van der Waals surface area contributed by atoms with Gasteiger partial charge in [0.05, 0.1) is 19.3 Å². The summed E-state index contributed by atoms with van der Waals surface area (Å²) in [4.78, 5) is 6.66. The van der Waals surface area contributed by atoms with Gasteiger partial charge in [-0.2, -0.15) is 16.9 Å². The fraction of sp³-hybridized carbons (Fsp3) is 0.714. The Morgan fingerprint density at radius 1 is 1.59 bits per heavy atom. The summed E-state index contributed by atoms with van der Waals surface area (Å²) in [5, 5.41) is 7.66. The number of guanidine groups is 1. The highest BCUT2D eigenvalue weighted by molar-refractivity contribution is 14.0. The number of ether oxygens (including phenoxy) is 1. The summed E-state index contributed by atoms with van der Waals surface area (Å²) < 4.78 is 7.68. The van der Waals surface area contributed by atoms with Crippen molar-refractivity contribution in [3.63, 3.8) is 0 Å². The molecule has 1 saturated heterocycles. The number of aryl methyl sites for hydroxylation is 1. The van der Waals surface area contributed by atoms with Crippen molar-refractivity contribution in [3.05, 3.63) is 18.0 Å². The van der Waals surface area contributed by atoms with Gasteiger partial charge in [0.25, 0.3) is 0 Å². The van der Waals surface area contributed by atoms with Crippen LogP contribution in [0, 0.1) is 0 Å². The fourth-order valence-electron chi connectivity index (χ4n) is 2.40. The van der Waals surface area contributed by atoms with Gasteiger partial charge in [0.1, 0.15) is 6.10 Å². The van der Waals surface area contributed by atoms with Crippen LogP contribution < -0.4 is 5.32 Å². The fourth-order valence-corrected chi connectivity index (χ4v) is 2.83. The highest BCUT2D eigenvalue weighted by atomic mass is 127. The number of aliphatic imine (C=N–C) groups is 1. The predicted octanol–water partition coefficient (Wildman–Crippen LogP) is 1.74. The first-order valence-electron chi connectivity index (χ1n) is 7.29. The van der Waals surface area contributed by atoms with Crippen LogP contribution in [0.2, 0.25) is 0 Å². The van der Waals surface area contributed by atoms with Crippen molar-refractivity contribution in [3.8, 4) is 0 Å². The van der Waals surface area contributed by atoms with Gasteiger partial charge in [0.2, 0.25) is 0 Å². The van der Waals surface area contributed by atoms with E-state index in [1.165, 1.54) is 5.75 Å². The molecule has 2 heterocycles. The number of halogens is 1. The lowest BCUT2D eigenvalue weighted by Gasteiger charge is -2.34. The summed E-state index contributed by atoms with van der Waals surface area (Å²) in [7, 11) is 3.77. The normalized spacial score (nSPS) is 19.0. The van der Waals surface area contributed by atoms with Gasteiger partial charge < -0.3 is 15.0 Å². The van der Waals surface area contributed by atoms with E-state index < -0.39 is 0 Å². The van der Waals surface area contributed by atoms with E-state index in [1.807, 2.05) is 42.9 Å². The Morgan fingerprint density at radius 3 is 3.05 bits per heavy atom. The number of nitrogens with zero attached hydrogens (tertiary/aromatic N) is 4. The molecule has 22 heavy (non-hydrogen) atoms.